The Hall–Kier alpha value is -3.42. The Morgan fingerprint density at radius 1 is 0.884 bits per heavy atom. The third-order valence-electron chi connectivity index (χ3n) is 8.48. The normalized spacial score (nSPS) is 17.1. The molecule has 0 bridgehead atoms. The summed E-state index contributed by atoms with van der Waals surface area (Å²) in [6.45, 7) is 9.92. The highest BCUT2D eigenvalue weighted by Crippen LogP contribution is 2.61. The number of nitrogens with zero attached hydrogens (tertiary/aromatic N) is 1. The summed E-state index contributed by atoms with van der Waals surface area (Å²) in [6, 6.07) is 30.5. The lowest BCUT2D eigenvalue weighted by atomic mass is 9.99. The maximum atomic E-state index is 7.14. The van der Waals surface area contributed by atoms with Gasteiger partial charge >= 0.3 is 0 Å². The Morgan fingerprint density at radius 2 is 1.63 bits per heavy atom. The van der Waals surface area contributed by atoms with Gasteiger partial charge < -0.3 is 15.0 Å². The van der Waals surface area contributed by atoms with Crippen molar-refractivity contribution in [3.05, 3.63) is 107 Å². The van der Waals surface area contributed by atoms with Gasteiger partial charge in [0.15, 0.2) is 5.75 Å². The van der Waals surface area contributed by atoms with Gasteiger partial charge in [0, 0.05) is 33.5 Å². The molecule has 5 aromatic carbocycles. The van der Waals surface area contributed by atoms with Crippen molar-refractivity contribution in [2.24, 2.45) is 0 Å². The number of para-hydroxylation sites is 1. The molecule has 2 atom stereocenters. The van der Waals surface area contributed by atoms with Crippen LogP contribution in [-0.4, -0.2) is 13.6 Å². The van der Waals surface area contributed by atoms with Crippen LogP contribution in [0.5, 0.6) is 11.5 Å². The fraction of sp³-hybridized carbons (Fsp3) is 0.243. The van der Waals surface area contributed by atoms with Crippen LogP contribution in [0.2, 0.25) is 0 Å². The Morgan fingerprint density at radius 3 is 2.40 bits per heavy atom. The van der Waals surface area contributed by atoms with Crippen molar-refractivity contribution in [1.29, 1.82) is 0 Å². The molecule has 2 unspecified atom stereocenters. The molecule has 0 aliphatic carbocycles. The summed E-state index contributed by atoms with van der Waals surface area (Å²) in [4.78, 5) is 7.46. The van der Waals surface area contributed by atoms with E-state index >= 15 is 0 Å². The number of ether oxygens (including phenoxy) is 1. The van der Waals surface area contributed by atoms with Crippen LogP contribution in [0.25, 0.3) is 10.8 Å². The van der Waals surface area contributed by atoms with Gasteiger partial charge in [-0.25, -0.2) is 0 Å². The van der Waals surface area contributed by atoms with Crippen molar-refractivity contribution in [3.8, 4) is 11.5 Å². The molecule has 43 heavy (non-hydrogen) atoms. The molecule has 2 heterocycles. The van der Waals surface area contributed by atoms with Gasteiger partial charge in [-0.05, 0) is 80.4 Å². The average Bonchev–Trinajstić information content (AvgIpc) is 3.36. The second kappa shape index (κ2) is 11.6. The number of hydrogen-bond acceptors (Lipinski definition) is 6. The van der Waals surface area contributed by atoms with Gasteiger partial charge in [0.25, 0.3) is 0 Å². The predicted molar refractivity (Wildman–Crippen MR) is 182 cm³/mol. The van der Waals surface area contributed by atoms with E-state index in [1.807, 2.05) is 30.6 Å². The number of anilines is 2. The van der Waals surface area contributed by atoms with Crippen LogP contribution in [0, 0.1) is 13.8 Å². The zero-order chi connectivity index (χ0) is 29.7. The van der Waals surface area contributed by atoms with Gasteiger partial charge in [-0.15, -0.1) is 0 Å². The van der Waals surface area contributed by atoms with Crippen LogP contribution < -0.4 is 20.3 Å². The van der Waals surface area contributed by atoms with Gasteiger partial charge in [-0.2, -0.15) is 0 Å². The lowest BCUT2D eigenvalue weighted by Crippen LogP contribution is -2.27. The van der Waals surface area contributed by atoms with Crippen molar-refractivity contribution < 1.29 is 4.74 Å². The molecular weight excluding hydrogens is 567 g/mol. The highest BCUT2D eigenvalue weighted by molar-refractivity contribution is 8.00. The fourth-order valence-electron chi connectivity index (χ4n) is 6.49. The molecule has 0 spiro atoms. The molecule has 4 nitrogen and oxygen atoms in total. The van der Waals surface area contributed by atoms with E-state index in [-0.39, 0.29) is 12.2 Å². The maximum absolute atomic E-state index is 7.14. The molecule has 2 N–H and O–H groups in total. The quantitative estimate of drug-likeness (QED) is 0.193. The summed E-state index contributed by atoms with van der Waals surface area (Å²) < 4.78 is 7.14. The first-order chi connectivity index (χ1) is 21.0. The molecule has 0 radical (unpaired) electrons. The van der Waals surface area contributed by atoms with Gasteiger partial charge in [0.2, 0.25) is 0 Å². The molecule has 2 aliphatic rings. The number of nitrogens with one attached hydrogen (secondary N) is 2. The van der Waals surface area contributed by atoms with E-state index in [9.17, 15) is 0 Å². The van der Waals surface area contributed by atoms with Crippen molar-refractivity contribution in [2.45, 2.75) is 65.9 Å². The molecule has 5 aromatic rings. The van der Waals surface area contributed by atoms with Crippen LogP contribution in [0.3, 0.4) is 0 Å². The largest absolute Gasteiger partial charge is 0.455 e. The maximum Gasteiger partial charge on any atom is 0.157 e. The minimum absolute atomic E-state index is 0.00623. The molecule has 218 valence electrons. The topological polar surface area (TPSA) is 36.5 Å². The highest BCUT2D eigenvalue weighted by atomic mass is 32.2. The first kappa shape index (κ1) is 28.4. The fourth-order valence-corrected chi connectivity index (χ4v) is 9.00. The summed E-state index contributed by atoms with van der Waals surface area (Å²) >= 11 is 3.69. The van der Waals surface area contributed by atoms with Crippen LogP contribution in [0.4, 0.5) is 11.4 Å². The Balaban J connectivity index is 1.53. The van der Waals surface area contributed by atoms with E-state index in [0.717, 1.165) is 24.5 Å². The molecule has 0 amide bonds. The second-order valence-electron chi connectivity index (χ2n) is 11.4. The Bertz CT molecular complexity index is 1830. The molecule has 6 heteroatoms. The van der Waals surface area contributed by atoms with Crippen molar-refractivity contribution in [3.63, 3.8) is 0 Å². The summed E-state index contributed by atoms with van der Waals surface area (Å²) in [6.07, 6.45) is 1.05. The molecular formula is C37H37N3OS2. The van der Waals surface area contributed by atoms with Crippen molar-refractivity contribution >= 4 is 45.7 Å². The summed E-state index contributed by atoms with van der Waals surface area (Å²) in [5.74, 6) is 1.79. The van der Waals surface area contributed by atoms with Crippen LogP contribution >= 0.6 is 23.5 Å². The minimum Gasteiger partial charge on any atom is -0.455 e. The lowest BCUT2D eigenvalue weighted by Gasteiger charge is -2.37. The monoisotopic (exact) mass is 603 g/mol. The first-order valence-electron chi connectivity index (χ1n) is 15.1. The zero-order valence-corrected chi connectivity index (χ0v) is 27.0. The van der Waals surface area contributed by atoms with E-state index in [1.54, 1.807) is 0 Å². The zero-order valence-electron chi connectivity index (χ0n) is 25.3. The van der Waals surface area contributed by atoms with Crippen LogP contribution in [-0.2, 0) is 0 Å². The Kier molecular flexibility index (Phi) is 7.64. The van der Waals surface area contributed by atoms with Crippen molar-refractivity contribution in [2.75, 3.05) is 18.5 Å². The number of hydrogen-bond donors (Lipinski definition) is 2. The lowest BCUT2D eigenvalue weighted by molar-refractivity contribution is 0.447. The summed E-state index contributed by atoms with van der Waals surface area (Å²) in [7, 11) is 2.05. The standard InChI is InChI=1S/C37H37N3OS2/c1-6-20-40-28-16-9-10-17-29(28)42-36-32(40)30-24(4)39-37(38-5)31(30)35(43-34-22(2)12-11-13-23(34)3)33(36)41-27-19-18-25-14-7-8-15-26(25)21-27/h7-19,21,24,37-39H,6,20H2,1-5H3. The third-order valence-corrected chi connectivity index (χ3v) is 11.1. The first-order valence-corrected chi connectivity index (χ1v) is 16.7. The summed E-state index contributed by atoms with van der Waals surface area (Å²) in [5, 5.41) is 9.83. The van der Waals surface area contributed by atoms with E-state index in [1.165, 1.54) is 64.0 Å². The number of fused-ring (bicyclic) bond motifs is 5. The summed E-state index contributed by atoms with van der Waals surface area (Å²) in [5.41, 5.74) is 7.76. The molecule has 7 rings (SSSR count). The minimum atomic E-state index is 0.00623. The average molecular weight is 604 g/mol. The van der Waals surface area contributed by atoms with Crippen LogP contribution in [0.15, 0.2) is 105 Å². The van der Waals surface area contributed by atoms with Gasteiger partial charge in [-0.3, -0.25) is 5.32 Å². The second-order valence-corrected chi connectivity index (χ2v) is 13.5. The van der Waals surface area contributed by atoms with E-state index in [4.69, 9.17) is 4.74 Å². The Labute approximate surface area is 263 Å². The van der Waals surface area contributed by atoms with Gasteiger partial charge in [0.05, 0.1) is 27.3 Å². The van der Waals surface area contributed by atoms with E-state index < -0.39 is 0 Å². The van der Waals surface area contributed by atoms with Gasteiger partial charge in [-0.1, -0.05) is 91.1 Å². The number of rotatable bonds is 7. The van der Waals surface area contributed by atoms with Crippen molar-refractivity contribution in [1.82, 2.24) is 10.6 Å². The molecule has 0 fully saturated rings. The molecule has 0 saturated heterocycles. The van der Waals surface area contributed by atoms with E-state index in [0.29, 0.717) is 0 Å². The van der Waals surface area contributed by atoms with Crippen LogP contribution in [0.1, 0.15) is 54.7 Å². The van der Waals surface area contributed by atoms with E-state index in [2.05, 4.69) is 128 Å². The number of aryl methyl sites for hydroxylation is 2. The van der Waals surface area contributed by atoms with Gasteiger partial charge in [0.1, 0.15) is 5.75 Å². The SMILES string of the molecule is CCCN1c2ccccc2Sc2c(Oc3ccc4ccccc4c3)c(Sc3c(C)cccc3C)c3c(c21)C(C)NC3NC. The molecule has 0 aromatic heterocycles. The smallest absolute Gasteiger partial charge is 0.157 e. The predicted octanol–water partition coefficient (Wildman–Crippen LogP) is 10.3. The number of benzene rings is 5. The molecule has 2 aliphatic heterocycles. The third kappa shape index (κ3) is 4.91. The highest BCUT2D eigenvalue weighted by Gasteiger charge is 2.41. The molecule has 0 saturated carbocycles.